The fraction of sp³-hybridized carbons (Fsp3) is 0.231. The first-order valence-corrected chi connectivity index (χ1v) is 6.49. The molecule has 0 aliphatic rings. The Morgan fingerprint density at radius 1 is 1.26 bits per heavy atom. The molecule has 100 valence electrons. The van der Waals surface area contributed by atoms with Crippen molar-refractivity contribution in [2.45, 2.75) is 6.54 Å². The van der Waals surface area contributed by atoms with Crippen molar-refractivity contribution in [3.63, 3.8) is 0 Å². The van der Waals surface area contributed by atoms with Crippen molar-refractivity contribution in [1.82, 2.24) is 15.3 Å². The molecule has 0 radical (unpaired) electrons. The third-order valence-corrected chi connectivity index (χ3v) is 3.02. The molecule has 2 aromatic rings. The topological polar surface area (TPSA) is 56.3 Å². The van der Waals surface area contributed by atoms with Crippen molar-refractivity contribution < 1.29 is 9.47 Å². The van der Waals surface area contributed by atoms with Crippen molar-refractivity contribution in [3.05, 3.63) is 40.6 Å². The van der Waals surface area contributed by atoms with E-state index in [0.29, 0.717) is 11.8 Å². The number of rotatable bonds is 5. The van der Waals surface area contributed by atoms with Crippen LogP contribution in [-0.2, 0) is 6.54 Å². The van der Waals surface area contributed by atoms with E-state index < -0.39 is 0 Å². The van der Waals surface area contributed by atoms with Crippen LogP contribution in [0.25, 0.3) is 0 Å². The van der Waals surface area contributed by atoms with Gasteiger partial charge in [0.1, 0.15) is 11.5 Å². The van der Waals surface area contributed by atoms with Crippen LogP contribution in [0.1, 0.15) is 5.56 Å². The van der Waals surface area contributed by atoms with Crippen LogP contribution < -0.4 is 14.8 Å². The number of nitrogens with one attached hydrogen (secondary N) is 1. The summed E-state index contributed by atoms with van der Waals surface area (Å²) in [6.45, 7) is 0.729. The molecule has 1 aromatic carbocycles. The maximum atomic E-state index is 5.60. The molecule has 1 N–H and O–H groups in total. The van der Waals surface area contributed by atoms with Gasteiger partial charge in [-0.1, -0.05) is 0 Å². The predicted octanol–water partition coefficient (Wildman–Crippen LogP) is 2.76. The Labute approximate surface area is 120 Å². The third-order valence-electron chi connectivity index (χ3n) is 2.40. The highest BCUT2D eigenvalue weighted by molar-refractivity contribution is 9.10. The van der Waals surface area contributed by atoms with Gasteiger partial charge < -0.3 is 14.8 Å². The second-order valence-electron chi connectivity index (χ2n) is 3.80. The van der Waals surface area contributed by atoms with Gasteiger partial charge in [-0.2, -0.15) is 0 Å². The number of ether oxygens (including phenoxy) is 2. The number of hydrogen-bond acceptors (Lipinski definition) is 5. The summed E-state index contributed by atoms with van der Waals surface area (Å²) >= 11 is 3.41. The lowest BCUT2D eigenvalue weighted by atomic mass is 10.3. The SMILES string of the molecule is CNCc1cnc(Oc2ccc(OC)cc2Br)nc1. The summed E-state index contributed by atoms with van der Waals surface area (Å²) in [6, 6.07) is 5.75. The number of benzene rings is 1. The van der Waals surface area contributed by atoms with Crippen LogP contribution in [0.4, 0.5) is 0 Å². The lowest BCUT2D eigenvalue weighted by Gasteiger charge is -2.07. The smallest absolute Gasteiger partial charge is 0.321 e. The zero-order valence-corrected chi connectivity index (χ0v) is 12.3. The Kier molecular flexibility index (Phi) is 4.70. The van der Waals surface area contributed by atoms with Crippen LogP contribution in [-0.4, -0.2) is 24.1 Å². The summed E-state index contributed by atoms with van der Waals surface area (Å²) < 4.78 is 11.5. The van der Waals surface area contributed by atoms with Gasteiger partial charge in [0.15, 0.2) is 0 Å². The van der Waals surface area contributed by atoms with Gasteiger partial charge in [0.05, 0.1) is 11.6 Å². The van der Waals surface area contributed by atoms with Gasteiger partial charge in [-0.3, -0.25) is 0 Å². The zero-order chi connectivity index (χ0) is 13.7. The maximum Gasteiger partial charge on any atom is 0.321 e. The second-order valence-corrected chi connectivity index (χ2v) is 4.66. The summed E-state index contributed by atoms with van der Waals surface area (Å²) in [5.74, 6) is 1.40. The molecule has 0 bridgehead atoms. The van der Waals surface area contributed by atoms with E-state index in [-0.39, 0.29) is 0 Å². The monoisotopic (exact) mass is 323 g/mol. The summed E-state index contributed by atoms with van der Waals surface area (Å²) in [5, 5.41) is 3.03. The molecular formula is C13H14BrN3O2. The van der Waals surface area contributed by atoms with Crippen molar-refractivity contribution in [2.75, 3.05) is 14.2 Å². The number of aromatic nitrogens is 2. The van der Waals surface area contributed by atoms with Crippen LogP contribution in [0, 0.1) is 0 Å². The summed E-state index contributed by atoms with van der Waals surface area (Å²) in [4.78, 5) is 8.30. The Morgan fingerprint density at radius 3 is 2.58 bits per heavy atom. The van der Waals surface area contributed by atoms with Gasteiger partial charge in [0.2, 0.25) is 0 Å². The molecule has 19 heavy (non-hydrogen) atoms. The molecule has 2 rings (SSSR count). The molecular weight excluding hydrogens is 310 g/mol. The molecule has 0 amide bonds. The molecule has 0 saturated heterocycles. The Hall–Kier alpha value is -1.66. The van der Waals surface area contributed by atoms with Crippen LogP contribution >= 0.6 is 15.9 Å². The molecule has 5 nitrogen and oxygen atoms in total. The van der Waals surface area contributed by atoms with Gasteiger partial charge in [-0.15, -0.1) is 0 Å². The normalized spacial score (nSPS) is 10.3. The van der Waals surface area contributed by atoms with Crippen LogP contribution in [0.2, 0.25) is 0 Å². The third kappa shape index (κ3) is 3.65. The van der Waals surface area contributed by atoms with Crippen molar-refractivity contribution >= 4 is 15.9 Å². The molecule has 0 fully saturated rings. The van der Waals surface area contributed by atoms with Gasteiger partial charge >= 0.3 is 6.01 Å². The predicted molar refractivity (Wildman–Crippen MR) is 75.6 cm³/mol. The zero-order valence-electron chi connectivity index (χ0n) is 10.7. The first-order chi connectivity index (χ1) is 9.22. The Morgan fingerprint density at radius 2 is 2.00 bits per heavy atom. The molecule has 0 spiro atoms. The minimum atomic E-state index is 0.311. The van der Waals surface area contributed by atoms with Crippen molar-refractivity contribution in [3.8, 4) is 17.5 Å². The van der Waals surface area contributed by atoms with Crippen molar-refractivity contribution in [1.29, 1.82) is 0 Å². The average molecular weight is 324 g/mol. The Balaban J connectivity index is 2.12. The maximum absolute atomic E-state index is 5.60. The fourth-order valence-electron chi connectivity index (χ4n) is 1.48. The van der Waals surface area contributed by atoms with E-state index in [0.717, 1.165) is 22.3 Å². The second kappa shape index (κ2) is 6.49. The van der Waals surface area contributed by atoms with Gasteiger partial charge in [0.25, 0.3) is 0 Å². The summed E-state index contributed by atoms with van der Waals surface area (Å²) in [7, 11) is 3.49. The molecule has 1 heterocycles. The quantitative estimate of drug-likeness (QED) is 0.916. The Bertz CT molecular complexity index is 546. The molecule has 1 aromatic heterocycles. The average Bonchev–Trinajstić information content (AvgIpc) is 2.43. The van der Waals surface area contributed by atoms with E-state index in [1.54, 1.807) is 25.6 Å². The van der Waals surface area contributed by atoms with Crippen molar-refractivity contribution in [2.24, 2.45) is 0 Å². The van der Waals surface area contributed by atoms with Gasteiger partial charge in [-0.25, -0.2) is 9.97 Å². The highest BCUT2D eigenvalue weighted by atomic mass is 79.9. The van der Waals surface area contributed by atoms with Gasteiger partial charge in [0, 0.05) is 24.5 Å². The first kappa shape index (κ1) is 13.8. The highest BCUT2D eigenvalue weighted by Crippen LogP contribution is 2.31. The van der Waals surface area contributed by atoms with Crippen LogP contribution in [0.15, 0.2) is 35.1 Å². The van der Waals surface area contributed by atoms with E-state index in [1.165, 1.54) is 0 Å². The molecule has 0 aliphatic carbocycles. The minimum absolute atomic E-state index is 0.311. The molecule has 0 unspecified atom stereocenters. The minimum Gasteiger partial charge on any atom is -0.497 e. The lowest BCUT2D eigenvalue weighted by Crippen LogP contribution is -2.06. The van der Waals surface area contributed by atoms with Crippen LogP contribution in [0.3, 0.4) is 0 Å². The molecule has 6 heteroatoms. The van der Waals surface area contributed by atoms with Crippen LogP contribution in [0.5, 0.6) is 17.5 Å². The summed E-state index contributed by atoms with van der Waals surface area (Å²) in [5.41, 5.74) is 1.00. The van der Waals surface area contributed by atoms with E-state index in [2.05, 4.69) is 31.2 Å². The number of hydrogen-bond donors (Lipinski definition) is 1. The molecule has 0 saturated carbocycles. The number of nitrogens with zero attached hydrogens (tertiary/aromatic N) is 2. The molecule has 0 atom stereocenters. The summed E-state index contributed by atoms with van der Waals surface area (Å²) in [6.07, 6.45) is 3.46. The largest absolute Gasteiger partial charge is 0.497 e. The van der Waals surface area contributed by atoms with E-state index in [1.807, 2.05) is 19.2 Å². The van der Waals surface area contributed by atoms with Gasteiger partial charge in [-0.05, 0) is 41.2 Å². The standard InChI is InChI=1S/C13H14BrN3O2/c1-15-6-9-7-16-13(17-8-9)19-12-4-3-10(18-2)5-11(12)14/h3-5,7-8,15H,6H2,1-2H3. The molecule has 0 aliphatic heterocycles. The van der Waals surface area contributed by atoms with E-state index >= 15 is 0 Å². The van der Waals surface area contributed by atoms with E-state index in [9.17, 15) is 0 Å². The number of methoxy groups -OCH3 is 1. The lowest BCUT2D eigenvalue weighted by molar-refractivity contribution is 0.409. The van der Waals surface area contributed by atoms with E-state index in [4.69, 9.17) is 9.47 Å². The highest BCUT2D eigenvalue weighted by Gasteiger charge is 2.06. The number of halogens is 1. The first-order valence-electron chi connectivity index (χ1n) is 5.70. The fourth-order valence-corrected chi connectivity index (χ4v) is 1.92.